The van der Waals surface area contributed by atoms with Crippen LogP contribution >= 0.6 is 0 Å². The van der Waals surface area contributed by atoms with Crippen LogP contribution in [0.3, 0.4) is 0 Å². The molecule has 0 fully saturated rings. The fourth-order valence-corrected chi connectivity index (χ4v) is 0.995. The largest absolute Gasteiger partial charge is 0.373 e. The van der Waals surface area contributed by atoms with E-state index < -0.39 is 12.3 Å². The molecule has 0 saturated carbocycles. The molecule has 0 aliphatic rings. The van der Waals surface area contributed by atoms with Crippen LogP contribution in [0.1, 0.15) is 12.5 Å². The maximum atomic E-state index is 13.0. The van der Waals surface area contributed by atoms with Crippen molar-refractivity contribution in [3.63, 3.8) is 0 Å². The Kier molecular flexibility index (Phi) is 4.01. The molecule has 14 heavy (non-hydrogen) atoms. The summed E-state index contributed by atoms with van der Waals surface area (Å²) >= 11 is 0. The Hall–Kier alpha value is -0.960. The minimum absolute atomic E-state index is 0.210. The number of halogens is 2. The van der Waals surface area contributed by atoms with Crippen LogP contribution in [0.2, 0.25) is 0 Å². The molecular weight excluding hydrogens is 186 g/mol. The molecule has 0 saturated heterocycles. The second kappa shape index (κ2) is 5.05. The molecule has 0 bridgehead atoms. The molecule has 0 radical (unpaired) electrons. The van der Waals surface area contributed by atoms with Gasteiger partial charge in [-0.25, -0.2) is 8.78 Å². The van der Waals surface area contributed by atoms with Gasteiger partial charge in [-0.1, -0.05) is 30.3 Å². The van der Waals surface area contributed by atoms with E-state index in [1.807, 2.05) is 30.3 Å². The summed E-state index contributed by atoms with van der Waals surface area (Å²) in [7, 11) is 0. The van der Waals surface area contributed by atoms with Gasteiger partial charge in [0, 0.05) is 0 Å². The van der Waals surface area contributed by atoms with Crippen LogP contribution in [0, 0.1) is 0 Å². The van der Waals surface area contributed by atoms with Gasteiger partial charge in [-0.2, -0.15) is 0 Å². The molecule has 0 amide bonds. The van der Waals surface area contributed by atoms with Crippen molar-refractivity contribution in [2.75, 3.05) is 13.3 Å². The monoisotopic (exact) mass is 200 g/mol. The van der Waals surface area contributed by atoms with Crippen molar-refractivity contribution in [2.45, 2.75) is 19.2 Å². The third-order valence-corrected chi connectivity index (χ3v) is 1.79. The average molecular weight is 200 g/mol. The van der Waals surface area contributed by atoms with Crippen molar-refractivity contribution in [3.8, 4) is 0 Å². The Bertz CT molecular complexity index is 259. The lowest BCUT2D eigenvalue weighted by molar-refractivity contribution is 0.00382. The lowest BCUT2D eigenvalue weighted by atomic mass is 10.2. The van der Waals surface area contributed by atoms with Crippen molar-refractivity contribution >= 4 is 0 Å². The quantitative estimate of drug-likeness (QED) is 0.710. The normalized spacial score (nSPS) is 15.1. The van der Waals surface area contributed by atoms with Crippen LogP contribution in [-0.4, -0.2) is 19.0 Å². The van der Waals surface area contributed by atoms with Gasteiger partial charge in [0.1, 0.15) is 6.67 Å². The first-order valence-corrected chi connectivity index (χ1v) is 4.50. The van der Waals surface area contributed by atoms with Crippen LogP contribution < -0.4 is 0 Å². The minimum atomic E-state index is -1.87. The number of hydrogen-bond acceptors (Lipinski definition) is 1. The zero-order valence-electron chi connectivity index (χ0n) is 8.17. The molecule has 0 spiro atoms. The van der Waals surface area contributed by atoms with E-state index >= 15 is 0 Å². The second-order valence-electron chi connectivity index (χ2n) is 3.53. The van der Waals surface area contributed by atoms with Gasteiger partial charge in [0.25, 0.3) is 0 Å². The average Bonchev–Trinajstić information content (AvgIpc) is 2.19. The number of ether oxygens (including phenoxy) is 1. The molecule has 78 valence electrons. The molecule has 1 atom stereocenters. The first kappa shape index (κ1) is 11.1. The van der Waals surface area contributed by atoms with Gasteiger partial charge in [-0.3, -0.25) is 0 Å². The van der Waals surface area contributed by atoms with E-state index in [0.717, 1.165) is 5.56 Å². The summed E-state index contributed by atoms with van der Waals surface area (Å²) in [5, 5.41) is 0. The van der Waals surface area contributed by atoms with Gasteiger partial charge in [-0.15, -0.1) is 0 Å². The SMILES string of the molecule is CC(F)(CF)COCc1ccccc1. The van der Waals surface area contributed by atoms with Crippen LogP contribution in [-0.2, 0) is 11.3 Å². The maximum absolute atomic E-state index is 13.0. The van der Waals surface area contributed by atoms with Crippen molar-refractivity contribution in [2.24, 2.45) is 0 Å². The van der Waals surface area contributed by atoms with Crippen molar-refractivity contribution in [3.05, 3.63) is 35.9 Å². The minimum Gasteiger partial charge on any atom is -0.373 e. The number of alkyl halides is 2. The summed E-state index contributed by atoms with van der Waals surface area (Å²) in [6, 6.07) is 9.41. The van der Waals surface area contributed by atoms with Gasteiger partial charge in [-0.05, 0) is 12.5 Å². The third-order valence-electron chi connectivity index (χ3n) is 1.79. The van der Waals surface area contributed by atoms with Gasteiger partial charge in [0.05, 0.1) is 13.2 Å². The summed E-state index contributed by atoms with van der Waals surface area (Å²) in [6.45, 7) is 0.290. The highest BCUT2D eigenvalue weighted by molar-refractivity contribution is 5.13. The maximum Gasteiger partial charge on any atom is 0.159 e. The van der Waals surface area contributed by atoms with E-state index in [-0.39, 0.29) is 6.61 Å². The fraction of sp³-hybridized carbons (Fsp3) is 0.455. The standard InChI is InChI=1S/C11H14F2O/c1-11(13,8-12)9-14-7-10-5-3-2-4-6-10/h2-6H,7-9H2,1H3. The smallest absolute Gasteiger partial charge is 0.159 e. The van der Waals surface area contributed by atoms with Crippen molar-refractivity contribution in [1.82, 2.24) is 0 Å². The number of benzene rings is 1. The molecule has 0 aliphatic heterocycles. The Labute approximate surface area is 82.7 Å². The third kappa shape index (κ3) is 3.83. The molecule has 1 rings (SSSR count). The highest BCUT2D eigenvalue weighted by Crippen LogP contribution is 2.12. The summed E-state index contributed by atoms with van der Waals surface area (Å²) in [5.41, 5.74) is -0.906. The summed E-state index contributed by atoms with van der Waals surface area (Å²) < 4.78 is 30.1. The summed E-state index contributed by atoms with van der Waals surface area (Å²) in [6.07, 6.45) is 0. The van der Waals surface area contributed by atoms with Crippen LogP contribution in [0.25, 0.3) is 0 Å². The molecule has 0 N–H and O–H groups in total. The van der Waals surface area contributed by atoms with Crippen LogP contribution in [0.4, 0.5) is 8.78 Å². The Balaban J connectivity index is 2.29. The van der Waals surface area contributed by atoms with Crippen LogP contribution in [0.5, 0.6) is 0 Å². The van der Waals surface area contributed by atoms with E-state index in [1.54, 1.807) is 0 Å². The van der Waals surface area contributed by atoms with Gasteiger partial charge < -0.3 is 4.74 Å². The zero-order chi connectivity index (χ0) is 10.4. The van der Waals surface area contributed by atoms with E-state index in [0.29, 0.717) is 6.61 Å². The van der Waals surface area contributed by atoms with E-state index in [1.165, 1.54) is 6.92 Å². The summed E-state index contributed by atoms with van der Waals surface area (Å²) in [4.78, 5) is 0. The fourth-order valence-electron chi connectivity index (χ4n) is 0.995. The molecule has 1 aromatic carbocycles. The van der Waals surface area contributed by atoms with Gasteiger partial charge in [0.15, 0.2) is 5.67 Å². The zero-order valence-corrected chi connectivity index (χ0v) is 8.17. The van der Waals surface area contributed by atoms with E-state index in [4.69, 9.17) is 4.74 Å². The first-order valence-electron chi connectivity index (χ1n) is 4.50. The molecular formula is C11H14F2O. The van der Waals surface area contributed by atoms with Gasteiger partial charge >= 0.3 is 0 Å². The molecule has 1 aromatic rings. The van der Waals surface area contributed by atoms with Crippen molar-refractivity contribution in [1.29, 1.82) is 0 Å². The van der Waals surface area contributed by atoms with Crippen molar-refractivity contribution < 1.29 is 13.5 Å². The molecule has 3 heteroatoms. The highest BCUT2D eigenvalue weighted by atomic mass is 19.2. The predicted molar refractivity (Wildman–Crippen MR) is 51.6 cm³/mol. The number of hydrogen-bond donors (Lipinski definition) is 0. The van der Waals surface area contributed by atoms with E-state index in [9.17, 15) is 8.78 Å². The molecule has 1 unspecified atom stereocenters. The molecule has 0 aromatic heterocycles. The molecule has 1 nitrogen and oxygen atoms in total. The topological polar surface area (TPSA) is 9.23 Å². The Morgan fingerprint density at radius 3 is 2.50 bits per heavy atom. The summed E-state index contributed by atoms with van der Waals surface area (Å²) in [5.74, 6) is 0. The predicted octanol–water partition coefficient (Wildman–Crippen LogP) is 2.90. The number of rotatable bonds is 5. The lowest BCUT2D eigenvalue weighted by Gasteiger charge is -2.15. The Morgan fingerprint density at radius 2 is 1.93 bits per heavy atom. The molecule has 0 aliphatic carbocycles. The van der Waals surface area contributed by atoms with Crippen LogP contribution in [0.15, 0.2) is 30.3 Å². The lowest BCUT2D eigenvalue weighted by Crippen LogP contribution is -2.27. The highest BCUT2D eigenvalue weighted by Gasteiger charge is 2.23. The first-order chi connectivity index (χ1) is 6.64. The van der Waals surface area contributed by atoms with E-state index in [2.05, 4.69) is 0 Å². The Morgan fingerprint density at radius 1 is 1.29 bits per heavy atom. The second-order valence-corrected chi connectivity index (χ2v) is 3.53. The van der Waals surface area contributed by atoms with Gasteiger partial charge in [0.2, 0.25) is 0 Å². The molecule has 0 heterocycles.